The smallest absolute Gasteiger partial charge is 0.312 e. The number of carbonyl (C=O) groups excluding carboxylic acids is 1. The first kappa shape index (κ1) is 10.8. The second-order valence-corrected chi connectivity index (χ2v) is 3.16. The standard InChI is InChI=1S/C10H16N2O2/c1-5-9(13)14-10-7(3)8(4)11-12(10)6-2/h5-6H2,1-4H3. The fourth-order valence-electron chi connectivity index (χ4n) is 1.17. The molecule has 0 aliphatic carbocycles. The van der Waals surface area contributed by atoms with Gasteiger partial charge in [-0.2, -0.15) is 5.10 Å². The molecule has 0 aromatic carbocycles. The number of nitrogens with zero attached hydrogens (tertiary/aromatic N) is 2. The van der Waals surface area contributed by atoms with E-state index in [0.29, 0.717) is 18.8 Å². The molecule has 0 aliphatic heterocycles. The fraction of sp³-hybridized carbons (Fsp3) is 0.600. The molecule has 0 spiro atoms. The van der Waals surface area contributed by atoms with Gasteiger partial charge in [-0.25, -0.2) is 4.68 Å². The van der Waals surface area contributed by atoms with E-state index < -0.39 is 0 Å². The van der Waals surface area contributed by atoms with E-state index in [1.165, 1.54) is 0 Å². The minimum absolute atomic E-state index is 0.220. The molecule has 4 nitrogen and oxygen atoms in total. The highest BCUT2D eigenvalue weighted by Gasteiger charge is 2.14. The molecule has 0 atom stereocenters. The largest absolute Gasteiger partial charge is 0.407 e. The Morgan fingerprint density at radius 2 is 2.07 bits per heavy atom. The van der Waals surface area contributed by atoms with Gasteiger partial charge < -0.3 is 4.74 Å². The lowest BCUT2D eigenvalue weighted by atomic mass is 10.3. The summed E-state index contributed by atoms with van der Waals surface area (Å²) in [5.41, 5.74) is 1.85. The Labute approximate surface area is 83.9 Å². The van der Waals surface area contributed by atoms with Gasteiger partial charge in [0.1, 0.15) is 0 Å². The van der Waals surface area contributed by atoms with Gasteiger partial charge in [-0.15, -0.1) is 0 Å². The third-order valence-electron chi connectivity index (χ3n) is 2.17. The van der Waals surface area contributed by atoms with Crippen molar-refractivity contribution in [1.82, 2.24) is 9.78 Å². The van der Waals surface area contributed by atoms with Crippen molar-refractivity contribution in [2.45, 2.75) is 40.7 Å². The molecule has 1 rings (SSSR count). The number of ether oxygens (including phenoxy) is 1. The molecule has 0 N–H and O–H groups in total. The predicted molar refractivity (Wildman–Crippen MR) is 53.3 cm³/mol. The molecule has 14 heavy (non-hydrogen) atoms. The number of hydrogen-bond acceptors (Lipinski definition) is 3. The minimum atomic E-state index is -0.220. The van der Waals surface area contributed by atoms with Gasteiger partial charge in [-0.05, 0) is 20.8 Å². The third-order valence-corrected chi connectivity index (χ3v) is 2.17. The van der Waals surface area contributed by atoms with Gasteiger partial charge >= 0.3 is 5.97 Å². The summed E-state index contributed by atoms with van der Waals surface area (Å²) in [4.78, 5) is 11.1. The fourth-order valence-corrected chi connectivity index (χ4v) is 1.17. The number of esters is 1. The van der Waals surface area contributed by atoms with Crippen molar-refractivity contribution in [2.24, 2.45) is 0 Å². The van der Waals surface area contributed by atoms with Crippen LogP contribution >= 0.6 is 0 Å². The minimum Gasteiger partial charge on any atom is -0.407 e. The van der Waals surface area contributed by atoms with Gasteiger partial charge in [0.25, 0.3) is 0 Å². The van der Waals surface area contributed by atoms with Crippen molar-refractivity contribution in [3.05, 3.63) is 11.3 Å². The molecule has 0 amide bonds. The van der Waals surface area contributed by atoms with Crippen LogP contribution in [0.4, 0.5) is 0 Å². The van der Waals surface area contributed by atoms with E-state index in [-0.39, 0.29) is 5.97 Å². The lowest BCUT2D eigenvalue weighted by Gasteiger charge is -2.05. The Kier molecular flexibility index (Phi) is 3.28. The van der Waals surface area contributed by atoms with Crippen LogP contribution in [0.2, 0.25) is 0 Å². The van der Waals surface area contributed by atoms with Gasteiger partial charge in [-0.1, -0.05) is 6.92 Å². The molecule has 1 aromatic heterocycles. The van der Waals surface area contributed by atoms with Crippen molar-refractivity contribution >= 4 is 5.97 Å². The first-order valence-electron chi connectivity index (χ1n) is 4.84. The molecule has 0 fully saturated rings. The van der Waals surface area contributed by atoms with E-state index in [0.717, 1.165) is 11.3 Å². The maximum Gasteiger partial charge on any atom is 0.312 e. The van der Waals surface area contributed by atoms with Crippen molar-refractivity contribution < 1.29 is 9.53 Å². The second kappa shape index (κ2) is 4.26. The molecule has 1 heterocycles. The summed E-state index contributed by atoms with van der Waals surface area (Å²) in [6.45, 7) is 8.27. The summed E-state index contributed by atoms with van der Waals surface area (Å²) < 4.78 is 6.91. The molecule has 4 heteroatoms. The van der Waals surface area contributed by atoms with Crippen LogP contribution < -0.4 is 4.74 Å². The van der Waals surface area contributed by atoms with E-state index in [9.17, 15) is 4.79 Å². The maximum atomic E-state index is 11.1. The quantitative estimate of drug-likeness (QED) is 0.693. The molecule has 0 saturated carbocycles. The lowest BCUT2D eigenvalue weighted by molar-refractivity contribution is -0.134. The molecule has 0 radical (unpaired) electrons. The normalized spacial score (nSPS) is 10.3. The van der Waals surface area contributed by atoms with Crippen LogP contribution in [-0.2, 0) is 11.3 Å². The molecule has 0 bridgehead atoms. The van der Waals surface area contributed by atoms with Crippen LogP contribution in [0.1, 0.15) is 31.5 Å². The van der Waals surface area contributed by atoms with E-state index in [1.807, 2.05) is 20.8 Å². The van der Waals surface area contributed by atoms with E-state index >= 15 is 0 Å². The average molecular weight is 196 g/mol. The van der Waals surface area contributed by atoms with E-state index in [2.05, 4.69) is 5.10 Å². The summed E-state index contributed by atoms with van der Waals surface area (Å²) in [6, 6.07) is 0. The van der Waals surface area contributed by atoms with Crippen molar-refractivity contribution in [1.29, 1.82) is 0 Å². The van der Waals surface area contributed by atoms with Gasteiger partial charge in [0.15, 0.2) is 0 Å². The first-order valence-corrected chi connectivity index (χ1v) is 4.84. The topological polar surface area (TPSA) is 44.1 Å². The van der Waals surface area contributed by atoms with Crippen LogP contribution in [0.25, 0.3) is 0 Å². The first-order chi connectivity index (χ1) is 6.60. The molecule has 0 unspecified atom stereocenters. The highest BCUT2D eigenvalue weighted by Crippen LogP contribution is 2.21. The summed E-state index contributed by atoms with van der Waals surface area (Å²) in [6.07, 6.45) is 0.382. The lowest BCUT2D eigenvalue weighted by Crippen LogP contribution is -2.10. The molecule has 78 valence electrons. The predicted octanol–water partition coefficient (Wildman–Crippen LogP) is 1.84. The average Bonchev–Trinajstić information content (AvgIpc) is 2.45. The summed E-state index contributed by atoms with van der Waals surface area (Å²) in [5, 5.41) is 4.26. The Bertz CT molecular complexity index is 342. The van der Waals surface area contributed by atoms with Crippen LogP contribution in [0.5, 0.6) is 5.88 Å². The number of carbonyl (C=O) groups is 1. The van der Waals surface area contributed by atoms with E-state index in [4.69, 9.17) is 4.74 Å². The number of hydrogen-bond donors (Lipinski definition) is 0. The summed E-state index contributed by atoms with van der Waals surface area (Å²) >= 11 is 0. The van der Waals surface area contributed by atoms with Crippen molar-refractivity contribution in [3.8, 4) is 5.88 Å². The number of aromatic nitrogens is 2. The zero-order chi connectivity index (χ0) is 10.7. The van der Waals surface area contributed by atoms with Crippen LogP contribution in [0.3, 0.4) is 0 Å². The molecule has 0 saturated heterocycles. The third kappa shape index (κ3) is 1.95. The van der Waals surface area contributed by atoms with Gasteiger partial charge in [0.2, 0.25) is 5.88 Å². The maximum absolute atomic E-state index is 11.1. The summed E-state index contributed by atoms with van der Waals surface area (Å²) in [7, 11) is 0. The monoisotopic (exact) mass is 196 g/mol. The molecule has 1 aromatic rings. The molecular weight excluding hydrogens is 180 g/mol. The zero-order valence-electron chi connectivity index (χ0n) is 9.13. The van der Waals surface area contributed by atoms with Crippen LogP contribution in [-0.4, -0.2) is 15.7 Å². The Hall–Kier alpha value is -1.32. The zero-order valence-corrected chi connectivity index (χ0v) is 9.13. The highest BCUT2D eigenvalue weighted by atomic mass is 16.5. The van der Waals surface area contributed by atoms with Gasteiger partial charge in [0.05, 0.1) is 5.69 Å². The highest BCUT2D eigenvalue weighted by molar-refractivity contribution is 5.71. The summed E-state index contributed by atoms with van der Waals surface area (Å²) in [5.74, 6) is 0.361. The van der Waals surface area contributed by atoms with Crippen LogP contribution in [0.15, 0.2) is 0 Å². The number of aryl methyl sites for hydroxylation is 2. The molecular formula is C10H16N2O2. The molecule has 0 aliphatic rings. The van der Waals surface area contributed by atoms with E-state index in [1.54, 1.807) is 11.6 Å². The van der Waals surface area contributed by atoms with Crippen molar-refractivity contribution in [3.63, 3.8) is 0 Å². The van der Waals surface area contributed by atoms with Gasteiger partial charge in [0, 0.05) is 18.5 Å². The number of rotatable bonds is 3. The second-order valence-electron chi connectivity index (χ2n) is 3.16. The van der Waals surface area contributed by atoms with Gasteiger partial charge in [-0.3, -0.25) is 4.79 Å². The SMILES string of the molecule is CCC(=O)Oc1c(C)c(C)nn1CC. The Morgan fingerprint density at radius 3 is 2.57 bits per heavy atom. The van der Waals surface area contributed by atoms with Crippen molar-refractivity contribution in [2.75, 3.05) is 0 Å². The Morgan fingerprint density at radius 1 is 1.43 bits per heavy atom. The van der Waals surface area contributed by atoms with Crippen LogP contribution in [0, 0.1) is 13.8 Å². The Balaban J connectivity index is 2.99.